The van der Waals surface area contributed by atoms with E-state index in [0.29, 0.717) is 19.3 Å². The average Bonchev–Trinajstić information content (AvgIpc) is 3.37. The summed E-state index contributed by atoms with van der Waals surface area (Å²) < 4.78 is 16.8. The lowest BCUT2D eigenvalue weighted by Crippen LogP contribution is -2.30. The van der Waals surface area contributed by atoms with Crippen molar-refractivity contribution in [2.75, 3.05) is 13.2 Å². The number of esters is 3. The van der Waals surface area contributed by atoms with Gasteiger partial charge in [0, 0.05) is 19.3 Å². The predicted octanol–water partition coefficient (Wildman–Crippen LogP) is 20.1. The van der Waals surface area contributed by atoms with Gasteiger partial charge >= 0.3 is 17.9 Å². The molecule has 0 spiro atoms. The molecule has 0 bridgehead atoms. The molecule has 71 heavy (non-hydrogen) atoms. The minimum Gasteiger partial charge on any atom is -0.462 e. The van der Waals surface area contributed by atoms with Crippen LogP contribution in [-0.4, -0.2) is 37.2 Å². The van der Waals surface area contributed by atoms with Crippen LogP contribution in [0.3, 0.4) is 0 Å². The van der Waals surface area contributed by atoms with E-state index in [-0.39, 0.29) is 31.1 Å². The summed E-state index contributed by atoms with van der Waals surface area (Å²) in [5, 5.41) is 0. The lowest BCUT2D eigenvalue weighted by atomic mass is 10.0. The first-order valence-corrected chi connectivity index (χ1v) is 29.7. The number of unbranched alkanes of at least 4 members (excludes halogenated alkanes) is 26. The number of hydrogen-bond acceptors (Lipinski definition) is 6. The molecule has 0 fully saturated rings. The Kier molecular flexibility index (Phi) is 55.9. The summed E-state index contributed by atoms with van der Waals surface area (Å²) in [5.41, 5.74) is 0. The summed E-state index contributed by atoms with van der Waals surface area (Å²) in [7, 11) is 0. The Hall–Kier alpha value is -3.67. The number of ether oxygens (including phenoxy) is 3. The van der Waals surface area contributed by atoms with Gasteiger partial charge in [0.05, 0.1) is 0 Å². The summed E-state index contributed by atoms with van der Waals surface area (Å²) in [4.78, 5) is 38.1. The Bertz CT molecular complexity index is 1410. The fourth-order valence-corrected chi connectivity index (χ4v) is 8.19. The highest BCUT2D eigenvalue weighted by Gasteiger charge is 2.19. The maximum atomic E-state index is 12.8. The summed E-state index contributed by atoms with van der Waals surface area (Å²) in [6.45, 7) is 6.40. The van der Waals surface area contributed by atoms with Crippen molar-refractivity contribution >= 4 is 17.9 Å². The van der Waals surface area contributed by atoms with Crippen LogP contribution in [0.1, 0.15) is 278 Å². The summed E-state index contributed by atoms with van der Waals surface area (Å²) in [6.07, 6.45) is 78.4. The average molecular weight is 988 g/mol. The van der Waals surface area contributed by atoms with Crippen molar-refractivity contribution in [2.45, 2.75) is 284 Å². The van der Waals surface area contributed by atoms with Crippen molar-refractivity contribution in [1.82, 2.24) is 0 Å². The predicted molar refractivity (Wildman–Crippen MR) is 307 cm³/mol. The first-order valence-electron chi connectivity index (χ1n) is 29.7. The van der Waals surface area contributed by atoms with Gasteiger partial charge in [-0.1, -0.05) is 259 Å². The fraction of sp³-hybridized carbons (Fsp3) is 0.708. The van der Waals surface area contributed by atoms with Gasteiger partial charge in [-0.15, -0.1) is 0 Å². The molecule has 0 rings (SSSR count). The van der Waals surface area contributed by atoms with Crippen LogP contribution in [0.15, 0.2) is 97.2 Å². The Balaban J connectivity index is 4.26. The topological polar surface area (TPSA) is 78.9 Å². The normalized spacial score (nSPS) is 12.8. The standard InChI is InChI=1S/C65H110O6/c1-4-7-10-13-16-19-22-24-26-27-28-29-30-31-32-33-34-35-36-37-39-40-43-46-49-52-55-58-64(67)70-61-62(60-69-63(66)57-54-51-48-45-42-21-18-15-12-9-6-3)71-65(68)59-56-53-50-47-44-41-38-25-23-20-17-14-11-8-5-2/h7-8,10-11,16-17,19-20,24-26,28-29,31-32,38,62H,4-6,9,12-15,18,21-23,27,30,33-37,39-61H2,1-3H3/b10-7-,11-8-,19-16-,20-17-,26-24-,29-28-,32-31-,38-25-. The molecular weight excluding hydrogens is 877 g/mol. The molecule has 0 aliphatic rings. The van der Waals surface area contributed by atoms with E-state index in [1.165, 1.54) is 109 Å². The molecule has 0 aliphatic heterocycles. The third-order valence-electron chi connectivity index (χ3n) is 12.6. The van der Waals surface area contributed by atoms with E-state index < -0.39 is 6.10 Å². The van der Waals surface area contributed by atoms with E-state index in [0.717, 1.165) is 128 Å². The first-order chi connectivity index (χ1) is 35.0. The van der Waals surface area contributed by atoms with Crippen LogP contribution >= 0.6 is 0 Å². The van der Waals surface area contributed by atoms with E-state index in [9.17, 15) is 14.4 Å². The lowest BCUT2D eigenvalue weighted by Gasteiger charge is -2.18. The van der Waals surface area contributed by atoms with Gasteiger partial charge in [-0.3, -0.25) is 14.4 Å². The molecule has 0 saturated carbocycles. The van der Waals surface area contributed by atoms with Gasteiger partial charge < -0.3 is 14.2 Å². The molecule has 406 valence electrons. The second-order valence-electron chi connectivity index (χ2n) is 19.5. The van der Waals surface area contributed by atoms with Gasteiger partial charge in [0.15, 0.2) is 6.10 Å². The van der Waals surface area contributed by atoms with Crippen molar-refractivity contribution in [2.24, 2.45) is 0 Å². The molecule has 0 amide bonds. The largest absolute Gasteiger partial charge is 0.462 e. The van der Waals surface area contributed by atoms with Crippen LogP contribution in [0.2, 0.25) is 0 Å². The van der Waals surface area contributed by atoms with Crippen molar-refractivity contribution < 1.29 is 28.6 Å². The minimum atomic E-state index is -0.786. The monoisotopic (exact) mass is 987 g/mol. The van der Waals surface area contributed by atoms with Crippen LogP contribution in [0.4, 0.5) is 0 Å². The van der Waals surface area contributed by atoms with Crippen LogP contribution in [0.5, 0.6) is 0 Å². The van der Waals surface area contributed by atoms with Gasteiger partial charge in [-0.2, -0.15) is 0 Å². The Morgan fingerprint density at radius 3 is 0.859 bits per heavy atom. The van der Waals surface area contributed by atoms with Gasteiger partial charge in [-0.25, -0.2) is 0 Å². The minimum absolute atomic E-state index is 0.0831. The zero-order valence-electron chi connectivity index (χ0n) is 46.5. The van der Waals surface area contributed by atoms with E-state index in [4.69, 9.17) is 14.2 Å². The molecule has 0 aromatic heterocycles. The first kappa shape index (κ1) is 67.3. The number of allylic oxidation sites excluding steroid dienone is 16. The van der Waals surface area contributed by atoms with Gasteiger partial charge in [0.2, 0.25) is 0 Å². The van der Waals surface area contributed by atoms with Crippen LogP contribution in [0, 0.1) is 0 Å². The molecule has 0 aromatic carbocycles. The lowest BCUT2D eigenvalue weighted by molar-refractivity contribution is -0.167. The maximum Gasteiger partial charge on any atom is 0.306 e. The number of carbonyl (C=O) groups excluding carboxylic acids is 3. The van der Waals surface area contributed by atoms with Crippen LogP contribution in [0.25, 0.3) is 0 Å². The van der Waals surface area contributed by atoms with Gasteiger partial charge in [0.1, 0.15) is 13.2 Å². The quantitative estimate of drug-likeness (QED) is 0.0261. The third-order valence-corrected chi connectivity index (χ3v) is 12.6. The summed E-state index contributed by atoms with van der Waals surface area (Å²) >= 11 is 0. The highest BCUT2D eigenvalue weighted by molar-refractivity contribution is 5.71. The van der Waals surface area contributed by atoms with E-state index in [1.807, 2.05) is 0 Å². The third kappa shape index (κ3) is 57.1. The molecule has 0 aromatic rings. The molecule has 6 nitrogen and oxygen atoms in total. The Morgan fingerprint density at radius 2 is 0.549 bits per heavy atom. The van der Waals surface area contributed by atoms with Gasteiger partial charge in [-0.05, 0) is 96.3 Å². The highest BCUT2D eigenvalue weighted by atomic mass is 16.6. The zero-order valence-corrected chi connectivity index (χ0v) is 46.5. The molecule has 0 N–H and O–H groups in total. The molecule has 0 heterocycles. The van der Waals surface area contributed by atoms with Crippen LogP contribution in [-0.2, 0) is 28.6 Å². The highest BCUT2D eigenvalue weighted by Crippen LogP contribution is 2.16. The Labute approximate surface area is 438 Å². The number of hydrogen-bond donors (Lipinski definition) is 0. The van der Waals surface area contributed by atoms with E-state index in [2.05, 4.69) is 118 Å². The van der Waals surface area contributed by atoms with Crippen molar-refractivity contribution in [3.8, 4) is 0 Å². The fourth-order valence-electron chi connectivity index (χ4n) is 8.19. The molecule has 1 atom stereocenters. The van der Waals surface area contributed by atoms with Crippen molar-refractivity contribution in [3.63, 3.8) is 0 Å². The van der Waals surface area contributed by atoms with Gasteiger partial charge in [0.25, 0.3) is 0 Å². The SMILES string of the molecule is CC/C=C\C/C=C\C/C=C\C/C=C\C/C=C\CCCCCCCCCCCCCC(=O)OCC(COC(=O)CCCCCCCCCCCCC)OC(=O)CCCCCCC/C=C\C/C=C\C/C=C\CC. The smallest absolute Gasteiger partial charge is 0.306 e. The summed E-state index contributed by atoms with van der Waals surface area (Å²) in [6, 6.07) is 0. The van der Waals surface area contributed by atoms with Crippen molar-refractivity contribution in [3.05, 3.63) is 97.2 Å². The molecule has 0 radical (unpaired) electrons. The molecule has 1 unspecified atom stereocenters. The Morgan fingerprint density at radius 1 is 0.296 bits per heavy atom. The molecule has 0 aliphatic carbocycles. The summed E-state index contributed by atoms with van der Waals surface area (Å²) in [5.74, 6) is -0.899. The maximum absolute atomic E-state index is 12.8. The zero-order chi connectivity index (χ0) is 51.4. The number of carbonyl (C=O) groups is 3. The van der Waals surface area contributed by atoms with Crippen LogP contribution < -0.4 is 0 Å². The molecule has 0 saturated heterocycles. The van der Waals surface area contributed by atoms with E-state index in [1.54, 1.807) is 0 Å². The second kappa shape index (κ2) is 58.9. The molecule has 6 heteroatoms. The number of rotatable bonds is 53. The second-order valence-corrected chi connectivity index (χ2v) is 19.5. The van der Waals surface area contributed by atoms with E-state index >= 15 is 0 Å². The van der Waals surface area contributed by atoms with Crippen molar-refractivity contribution in [1.29, 1.82) is 0 Å². The molecular formula is C65H110O6.